The highest BCUT2D eigenvalue weighted by atomic mass is 79.9. The lowest BCUT2D eigenvalue weighted by Gasteiger charge is -2.28. The predicted octanol–water partition coefficient (Wildman–Crippen LogP) is 4.57. The second kappa shape index (κ2) is 32.6. The minimum atomic E-state index is -1.20. The number of benzene rings is 2. The summed E-state index contributed by atoms with van der Waals surface area (Å²) in [7, 11) is 3.28. The van der Waals surface area contributed by atoms with Crippen molar-refractivity contribution in [2.75, 3.05) is 86.1 Å². The zero-order valence-electron chi connectivity index (χ0n) is 45.2. The number of unbranched alkanes of at least 4 members (excludes halogenated alkanes) is 1. The Bertz CT molecular complexity index is 2200. The van der Waals surface area contributed by atoms with E-state index in [1.54, 1.807) is 99.5 Å². The highest BCUT2D eigenvalue weighted by Crippen LogP contribution is 2.18. The first kappa shape index (κ1) is 65.3. The summed E-state index contributed by atoms with van der Waals surface area (Å²) in [6.07, 6.45) is 1.44. The summed E-state index contributed by atoms with van der Waals surface area (Å²) < 4.78 is 11.7. The van der Waals surface area contributed by atoms with Crippen molar-refractivity contribution in [3.05, 3.63) is 69.7 Å². The zero-order chi connectivity index (χ0) is 56.5. The van der Waals surface area contributed by atoms with Crippen molar-refractivity contribution in [2.24, 2.45) is 0 Å². The molecule has 0 aliphatic carbocycles. The van der Waals surface area contributed by atoms with Crippen LogP contribution in [0.25, 0.3) is 0 Å². The minimum Gasteiger partial charge on any atom is -0.480 e. The van der Waals surface area contributed by atoms with Gasteiger partial charge in [0.15, 0.2) is 5.78 Å². The molecule has 0 radical (unpaired) electrons. The highest BCUT2D eigenvalue weighted by Gasteiger charge is 2.30. The van der Waals surface area contributed by atoms with Crippen LogP contribution in [0, 0.1) is 0 Å². The van der Waals surface area contributed by atoms with Gasteiger partial charge in [0, 0.05) is 75.2 Å². The first-order valence-electron chi connectivity index (χ1n) is 25.1. The van der Waals surface area contributed by atoms with E-state index in [1.807, 2.05) is 29.2 Å². The van der Waals surface area contributed by atoms with Crippen molar-refractivity contribution < 1.29 is 67.9 Å². The Morgan fingerprint density at radius 3 is 1.59 bits per heavy atom. The molecule has 0 fully saturated rings. The number of aryl methyl sites for hydroxylation is 1. The fraction of sp³-hybridized carbons (Fsp3) is 0.604. The number of aliphatic carboxylic acids is 3. The highest BCUT2D eigenvalue weighted by molar-refractivity contribution is 9.10. The number of carboxylic acids is 3. The molecule has 2 aromatic carbocycles. The lowest BCUT2D eigenvalue weighted by molar-refractivity contribution is -0.158. The predicted molar refractivity (Wildman–Crippen MR) is 284 cm³/mol. The Kier molecular flexibility index (Phi) is 28.4. The van der Waals surface area contributed by atoms with E-state index in [9.17, 15) is 53.4 Å². The fourth-order valence-electron chi connectivity index (χ4n) is 7.59. The number of nitrogens with one attached hydrogen (secondary N) is 2. The van der Waals surface area contributed by atoms with Crippen LogP contribution in [0.15, 0.2) is 53.0 Å². The number of esters is 2. The molecule has 3 amide bonds. The van der Waals surface area contributed by atoms with Gasteiger partial charge in [0.25, 0.3) is 5.91 Å². The van der Waals surface area contributed by atoms with Crippen molar-refractivity contribution in [1.29, 1.82) is 0 Å². The number of carboxylic acid groups (broad SMARTS) is 3. The van der Waals surface area contributed by atoms with E-state index >= 15 is 0 Å². The molecule has 22 heteroatoms. The van der Waals surface area contributed by atoms with Crippen LogP contribution < -0.4 is 10.6 Å². The quantitative estimate of drug-likeness (QED) is 0.0467. The van der Waals surface area contributed by atoms with E-state index in [-0.39, 0.29) is 89.0 Å². The maximum Gasteiger partial charge on any atom is 0.329 e. The van der Waals surface area contributed by atoms with Gasteiger partial charge in [-0.25, -0.2) is 9.59 Å². The molecule has 75 heavy (non-hydrogen) atoms. The van der Waals surface area contributed by atoms with Gasteiger partial charge in [0.2, 0.25) is 0 Å². The largest absolute Gasteiger partial charge is 0.480 e. The van der Waals surface area contributed by atoms with Crippen molar-refractivity contribution in [3.8, 4) is 0 Å². The molecule has 0 aliphatic rings. The van der Waals surface area contributed by atoms with Crippen molar-refractivity contribution in [2.45, 2.75) is 123 Å². The number of Topliss-reactive ketones (excluding diaryl/α,β-unsaturated/α-hetero) is 2. The van der Waals surface area contributed by atoms with Gasteiger partial charge >= 0.3 is 35.9 Å². The normalized spacial score (nSPS) is 12.6. The average molecular weight is 1120 g/mol. The average Bonchev–Trinajstić information content (AvgIpc) is 3.28. The number of halogens is 1. The SMILES string of the molecule is CC(=O)[C@H](CCCCN(Cc1ccc(Br)cc1)C(=O)c1ccc(CCC(=O)CN(CCN(C)CC(=O)O)CCN(CCN(C)CC(=O)O)CC(=O)O)cc1)NC(=O)N[C@@H](CCC(=O)OC(C)(C)C)C(=O)OC(C)(C)C. The lowest BCUT2D eigenvalue weighted by atomic mass is 10.0. The molecular formula is C53H80BrN7O14. The van der Waals surface area contributed by atoms with Crippen LogP contribution in [-0.2, 0) is 56.0 Å². The number of nitrogens with zero attached hydrogens (tertiary/aromatic N) is 5. The second-order valence-corrected chi connectivity index (χ2v) is 21.7. The first-order valence-corrected chi connectivity index (χ1v) is 25.9. The Hall–Kier alpha value is -5.81. The number of amides is 3. The van der Waals surface area contributed by atoms with Crippen molar-refractivity contribution in [1.82, 2.24) is 35.1 Å². The third-order valence-electron chi connectivity index (χ3n) is 11.4. The number of rotatable bonds is 35. The van der Waals surface area contributed by atoms with Crippen LogP contribution in [0.5, 0.6) is 0 Å². The fourth-order valence-corrected chi connectivity index (χ4v) is 7.86. The summed E-state index contributed by atoms with van der Waals surface area (Å²) in [6, 6.07) is 11.7. The number of carbonyl (C=O) groups excluding carboxylic acids is 6. The van der Waals surface area contributed by atoms with E-state index < -0.39 is 59.2 Å². The number of ether oxygens (including phenoxy) is 2. The van der Waals surface area contributed by atoms with E-state index in [0.29, 0.717) is 57.5 Å². The van der Waals surface area contributed by atoms with E-state index in [1.165, 1.54) is 6.92 Å². The molecule has 0 aliphatic heterocycles. The van der Waals surface area contributed by atoms with Crippen LogP contribution in [0.4, 0.5) is 4.79 Å². The molecule has 2 rings (SSSR count). The molecule has 5 N–H and O–H groups in total. The number of likely N-dealkylation sites (N-methyl/N-ethyl adjacent to an activating group) is 2. The lowest BCUT2D eigenvalue weighted by Crippen LogP contribution is -2.52. The topological polar surface area (TPSA) is 273 Å². The van der Waals surface area contributed by atoms with Gasteiger partial charge in [-0.15, -0.1) is 0 Å². The van der Waals surface area contributed by atoms with Gasteiger partial charge in [-0.2, -0.15) is 0 Å². The third-order valence-corrected chi connectivity index (χ3v) is 11.9. The third kappa shape index (κ3) is 29.8. The van der Waals surface area contributed by atoms with Gasteiger partial charge in [0.1, 0.15) is 23.0 Å². The summed E-state index contributed by atoms with van der Waals surface area (Å²) in [5.41, 5.74) is 0.506. The molecule has 0 saturated carbocycles. The number of hydrogen-bond acceptors (Lipinski definition) is 15. The molecule has 0 heterocycles. The summed E-state index contributed by atoms with van der Waals surface area (Å²) in [4.78, 5) is 122. The molecule has 21 nitrogen and oxygen atoms in total. The van der Waals surface area contributed by atoms with Crippen LogP contribution in [0.1, 0.15) is 108 Å². The van der Waals surface area contributed by atoms with E-state index in [4.69, 9.17) is 14.6 Å². The van der Waals surface area contributed by atoms with Crippen molar-refractivity contribution in [3.63, 3.8) is 0 Å². The molecule has 2 atom stereocenters. The van der Waals surface area contributed by atoms with Crippen LogP contribution in [-0.4, -0.2) is 203 Å². The van der Waals surface area contributed by atoms with Gasteiger partial charge < -0.3 is 40.3 Å². The summed E-state index contributed by atoms with van der Waals surface area (Å²) >= 11 is 3.46. The van der Waals surface area contributed by atoms with Gasteiger partial charge in [-0.3, -0.25) is 53.2 Å². The molecule has 0 spiro atoms. The Morgan fingerprint density at radius 2 is 1.08 bits per heavy atom. The number of ketones is 2. The Balaban J connectivity index is 2.14. The van der Waals surface area contributed by atoms with Gasteiger partial charge in [-0.1, -0.05) is 40.2 Å². The summed E-state index contributed by atoms with van der Waals surface area (Å²) in [5.74, 6) is -5.00. The standard InChI is InChI=1S/C53H80BrN7O14/c1-37(62)43(55-51(73)56-44(50(72)75-53(5,6)7)23-24-48(70)74-52(2,3)4)12-10-11-25-61(32-39-15-20-41(54)21-16-39)49(71)40-18-13-38(14-19-40)17-22-42(63)33-59(28-26-57(8)34-45(64)65)30-31-60(36-47(68)69)29-27-58(9)35-46(66)67/h13-16,18-21,43-44H,10-12,17,22-36H2,1-9H3,(H,64,65)(H,66,67)(H,68,69)(H2,55,56,73)/t43-,44-/m0/s1. The maximum absolute atomic E-state index is 14.1. The number of urea groups is 1. The zero-order valence-corrected chi connectivity index (χ0v) is 46.7. The molecule has 2 aromatic rings. The summed E-state index contributed by atoms with van der Waals surface area (Å²) in [5, 5.41) is 33.1. The Morgan fingerprint density at radius 1 is 0.587 bits per heavy atom. The molecule has 0 unspecified atom stereocenters. The van der Waals surface area contributed by atoms with E-state index in [2.05, 4.69) is 26.6 Å². The summed E-state index contributed by atoms with van der Waals surface area (Å²) in [6.45, 7) is 13.3. The minimum absolute atomic E-state index is 0.0324. The molecule has 0 bridgehead atoms. The van der Waals surface area contributed by atoms with Crippen molar-refractivity contribution >= 4 is 69.3 Å². The number of carbonyl (C=O) groups is 9. The smallest absolute Gasteiger partial charge is 0.329 e. The van der Waals surface area contributed by atoms with Crippen LogP contribution in [0.3, 0.4) is 0 Å². The molecule has 418 valence electrons. The number of hydrogen-bond donors (Lipinski definition) is 5. The maximum atomic E-state index is 14.1. The molecular weight excluding hydrogens is 1040 g/mol. The Labute approximate surface area is 449 Å². The van der Waals surface area contributed by atoms with Gasteiger partial charge in [0.05, 0.1) is 32.2 Å². The first-order chi connectivity index (χ1) is 35.0. The second-order valence-electron chi connectivity index (χ2n) is 20.8. The molecule has 0 aromatic heterocycles. The van der Waals surface area contributed by atoms with Crippen LogP contribution in [0.2, 0.25) is 0 Å². The molecule has 0 saturated heterocycles. The van der Waals surface area contributed by atoms with E-state index in [0.717, 1.165) is 15.6 Å². The monoisotopic (exact) mass is 1120 g/mol. The van der Waals surface area contributed by atoms with Gasteiger partial charge in [-0.05, 0) is 130 Å². The van der Waals surface area contributed by atoms with Crippen LogP contribution >= 0.6 is 15.9 Å².